The molecule has 0 unspecified atom stereocenters. The molecule has 1 atom stereocenters. The van der Waals surface area contributed by atoms with E-state index in [-0.39, 0.29) is 18.9 Å². The normalized spacial score (nSPS) is 23.0. The minimum Gasteiger partial charge on any atom is -0.442 e. The highest BCUT2D eigenvalue weighted by molar-refractivity contribution is 7.80. The fourth-order valence-electron chi connectivity index (χ4n) is 3.74. The molecule has 2 heterocycles. The van der Waals surface area contributed by atoms with Crippen LogP contribution in [0.25, 0.3) is 0 Å². The predicted octanol–water partition coefficient (Wildman–Crippen LogP) is 2.43. The highest BCUT2D eigenvalue weighted by Crippen LogP contribution is 2.30. The molecule has 0 radical (unpaired) electrons. The number of nitrogens with zero attached hydrogens (tertiary/aromatic N) is 3. The Morgan fingerprint density at radius 2 is 1.82 bits per heavy atom. The lowest BCUT2D eigenvalue weighted by Gasteiger charge is -2.35. The van der Waals surface area contributed by atoms with Crippen LogP contribution >= 0.6 is 12.2 Å². The minimum atomic E-state index is -0.309. The Morgan fingerprint density at radius 3 is 2.46 bits per heavy atom. The molecule has 3 aliphatic rings. The number of alkyl halides is 1. The number of carbonyl (C=O) groups excluding carboxylic acids is 1. The average Bonchev–Trinajstić information content (AvgIpc) is 3.50. The van der Waals surface area contributed by atoms with E-state index in [2.05, 4.69) is 15.1 Å². The molecule has 2 aliphatic heterocycles. The van der Waals surface area contributed by atoms with Crippen LogP contribution in [0.2, 0.25) is 0 Å². The second kappa shape index (κ2) is 8.61. The van der Waals surface area contributed by atoms with Crippen LogP contribution in [0, 0.1) is 5.92 Å². The molecule has 4 rings (SSSR count). The molecule has 28 heavy (non-hydrogen) atoms. The molecule has 2 saturated heterocycles. The third kappa shape index (κ3) is 4.55. The van der Waals surface area contributed by atoms with Gasteiger partial charge in [0.1, 0.15) is 12.8 Å². The van der Waals surface area contributed by atoms with Gasteiger partial charge in [-0.2, -0.15) is 0 Å². The number of hydrogen-bond donors (Lipinski definition) is 1. The maximum Gasteiger partial charge on any atom is 0.414 e. The van der Waals surface area contributed by atoms with Crippen molar-refractivity contribution in [1.29, 1.82) is 0 Å². The Morgan fingerprint density at radius 1 is 1.14 bits per heavy atom. The van der Waals surface area contributed by atoms with Crippen LogP contribution in [0.4, 0.5) is 20.6 Å². The maximum atomic E-state index is 12.5. The van der Waals surface area contributed by atoms with Gasteiger partial charge in [-0.1, -0.05) is 12.2 Å². The lowest BCUT2D eigenvalue weighted by molar-refractivity contribution is 0.143. The van der Waals surface area contributed by atoms with E-state index in [1.807, 2.05) is 24.3 Å². The zero-order valence-corrected chi connectivity index (χ0v) is 16.8. The first-order valence-corrected chi connectivity index (χ1v) is 10.4. The van der Waals surface area contributed by atoms with Crippen molar-refractivity contribution in [2.24, 2.45) is 5.92 Å². The summed E-state index contributed by atoms with van der Waals surface area (Å²) in [6, 6.07) is 8.02. The van der Waals surface area contributed by atoms with Crippen LogP contribution < -0.4 is 15.1 Å². The fraction of sp³-hybridized carbons (Fsp3) is 0.600. The third-order valence-electron chi connectivity index (χ3n) is 5.63. The molecule has 8 heteroatoms. The van der Waals surface area contributed by atoms with Crippen molar-refractivity contribution >= 4 is 34.7 Å². The molecular weight excluding hydrogens is 379 g/mol. The van der Waals surface area contributed by atoms with Crippen molar-refractivity contribution in [3.63, 3.8) is 0 Å². The van der Waals surface area contributed by atoms with Crippen LogP contribution in [0.1, 0.15) is 12.8 Å². The van der Waals surface area contributed by atoms with Gasteiger partial charge in [0.25, 0.3) is 0 Å². The topological polar surface area (TPSA) is 48.1 Å². The van der Waals surface area contributed by atoms with Crippen LogP contribution in [0.3, 0.4) is 0 Å². The lowest BCUT2D eigenvalue weighted by Crippen LogP contribution is -2.47. The highest BCUT2D eigenvalue weighted by Gasteiger charge is 2.33. The molecule has 1 amide bonds. The van der Waals surface area contributed by atoms with Gasteiger partial charge in [-0.25, -0.2) is 9.18 Å². The summed E-state index contributed by atoms with van der Waals surface area (Å²) in [5.74, 6) is 0.523. The van der Waals surface area contributed by atoms with Gasteiger partial charge in [-0.15, -0.1) is 0 Å². The fourth-order valence-corrected chi connectivity index (χ4v) is 4.05. The zero-order valence-electron chi connectivity index (χ0n) is 16.0. The summed E-state index contributed by atoms with van der Waals surface area (Å²) in [6.07, 6.45) is 1.84. The molecule has 1 aromatic rings. The van der Waals surface area contributed by atoms with Gasteiger partial charge in [0, 0.05) is 50.0 Å². The number of cyclic esters (lactones) is 1. The van der Waals surface area contributed by atoms with E-state index in [1.54, 1.807) is 4.90 Å². The monoisotopic (exact) mass is 406 g/mol. The van der Waals surface area contributed by atoms with Crippen LogP contribution in [0.5, 0.6) is 0 Å². The summed E-state index contributed by atoms with van der Waals surface area (Å²) in [5, 5.41) is 3.24. The van der Waals surface area contributed by atoms with Crippen molar-refractivity contribution in [3.8, 4) is 0 Å². The molecule has 0 bridgehead atoms. The highest BCUT2D eigenvalue weighted by atomic mass is 32.1. The number of nitrogens with one attached hydrogen (secondary N) is 1. The second-order valence-electron chi connectivity index (χ2n) is 7.67. The SMILES string of the molecule is O=C1O[C@@H](CNC(=S)C2CC2)CN1c1ccc(N2CCN(CCF)CC2)cc1. The maximum absolute atomic E-state index is 12.5. The summed E-state index contributed by atoms with van der Waals surface area (Å²) >= 11 is 5.33. The number of halogens is 1. The van der Waals surface area contributed by atoms with E-state index >= 15 is 0 Å². The molecular formula is C20H27FN4O2S. The van der Waals surface area contributed by atoms with Crippen molar-refractivity contribution in [1.82, 2.24) is 10.2 Å². The van der Waals surface area contributed by atoms with Gasteiger partial charge in [0.15, 0.2) is 0 Å². The van der Waals surface area contributed by atoms with Gasteiger partial charge in [0.05, 0.1) is 18.1 Å². The van der Waals surface area contributed by atoms with Crippen molar-refractivity contribution < 1.29 is 13.9 Å². The molecule has 1 N–H and O–H groups in total. The van der Waals surface area contributed by atoms with E-state index in [1.165, 1.54) is 12.8 Å². The standard InChI is InChI=1S/C20H27FN4O2S/c21-7-8-23-9-11-24(12-10-23)16-3-5-17(6-4-16)25-14-18(27-20(25)26)13-22-19(28)15-1-2-15/h3-6,15,18H,1-2,7-14H2,(H,22,28)/t18-/m0/s1. The zero-order chi connectivity index (χ0) is 19.5. The number of benzene rings is 1. The molecule has 1 saturated carbocycles. The van der Waals surface area contributed by atoms with Crippen LogP contribution in [-0.2, 0) is 4.74 Å². The first kappa shape index (κ1) is 19.4. The van der Waals surface area contributed by atoms with Gasteiger partial charge in [-0.05, 0) is 37.1 Å². The number of thiocarbonyl (C=S) groups is 1. The molecule has 0 spiro atoms. The minimum absolute atomic E-state index is 0.188. The van der Waals surface area contributed by atoms with Gasteiger partial charge < -0.3 is 15.0 Å². The number of hydrogen-bond acceptors (Lipinski definition) is 5. The van der Waals surface area contributed by atoms with E-state index in [0.717, 1.165) is 42.5 Å². The number of piperazine rings is 1. The molecule has 1 aromatic carbocycles. The Kier molecular flexibility index (Phi) is 5.96. The first-order chi connectivity index (χ1) is 13.6. The van der Waals surface area contributed by atoms with Crippen LogP contribution in [-0.4, -0.2) is 74.6 Å². The number of ether oxygens (including phenoxy) is 1. The quantitative estimate of drug-likeness (QED) is 0.702. The van der Waals surface area contributed by atoms with Crippen LogP contribution in [0.15, 0.2) is 24.3 Å². The Hall–Kier alpha value is -1.93. The Bertz CT molecular complexity index is 705. The van der Waals surface area contributed by atoms with Crippen molar-refractivity contribution in [3.05, 3.63) is 24.3 Å². The van der Waals surface area contributed by atoms with E-state index in [4.69, 9.17) is 17.0 Å². The number of amides is 1. The average molecular weight is 407 g/mol. The summed E-state index contributed by atoms with van der Waals surface area (Å²) in [7, 11) is 0. The van der Waals surface area contributed by atoms with E-state index < -0.39 is 0 Å². The summed E-state index contributed by atoms with van der Waals surface area (Å²) in [6.45, 7) is 4.86. The largest absolute Gasteiger partial charge is 0.442 e. The van der Waals surface area contributed by atoms with Crippen molar-refractivity contribution in [2.45, 2.75) is 18.9 Å². The number of rotatable bonds is 7. The summed E-state index contributed by atoms with van der Waals surface area (Å²) in [4.78, 5) is 19.3. The smallest absolute Gasteiger partial charge is 0.414 e. The number of carbonyl (C=O) groups is 1. The van der Waals surface area contributed by atoms with Gasteiger partial charge in [-0.3, -0.25) is 9.80 Å². The van der Waals surface area contributed by atoms with Gasteiger partial charge >= 0.3 is 6.09 Å². The lowest BCUT2D eigenvalue weighted by atomic mass is 10.2. The number of anilines is 2. The molecule has 0 aromatic heterocycles. The third-order valence-corrected chi connectivity index (χ3v) is 6.10. The molecule has 1 aliphatic carbocycles. The molecule has 6 nitrogen and oxygen atoms in total. The van der Waals surface area contributed by atoms with E-state index in [0.29, 0.717) is 25.6 Å². The molecule has 3 fully saturated rings. The summed E-state index contributed by atoms with van der Waals surface area (Å²) < 4.78 is 17.9. The Labute approximate surface area is 170 Å². The first-order valence-electron chi connectivity index (χ1n) is 10.0. The Balaban J connectivity index is 1.29. The predicted molar refractivity (Wildman–Crippen MR) is 112 cm³/mol. The summed E-state index contributed by atoms with van der Waals surface area (Å²) in [5.41, 5.74) is 1.97. The molecule has 152 valence electrons. The second-order valence-corrected chi connectivity index (χ2v) is 8.11. The van der Waals surface area contributed by atoms with Gasteiger partial charge in [0.2, 0.25) is 0 Å². The van der Waals surface area contributed by atoms with E-state index in [9.17, 15) is 9.18 Å². The van der Waals surface area contributed by atoms with Crippen molar-refractivity contribution in [2.75, 3.05) is 62.3 Å².